The van der Waals surface area contributed by atoms with E-state index in [0.717, 1.165) is 24.8 Å². The average molecular weight is 429 g/mol. The van der Waals surface area contributed by atoms with Crippen LogP contribution in [0, 0.1) is 0 Å². The number of nitrogens with one attached hydrogen (secondary N) is 1. The number of hydrogen-bond acceptors (Lipinski definition) is 5. The molecule has 0 amide bonds. The molecule has 0 fully saturated rings. The van der Waals surface area contributed by atoms with E-state index in [1.807, 2.05) is 12.1 Å². The molecule has 1 aromatic heterocycles. The summed E-state index contributed by atoms with van der Waals surface area (Å²) in [6.45, 7) is 4.24. The van der Waals surface area contributed by atoms with Crippen LogP contribution in [0.25, 0.3) is 11.3 Å². The summed E-state index contributed by atoms with van der Waals surface area (Å²) in [5, 5.41) is 3.60. The largest absolute Gasteiger partial charge is 0.497 e. The highest BCUT2D eigenvalue weighted by molar-refractivity contribution is 9.10. The highest BCUT2D eigenvalue weighted by Crippen LogP contribution is 2.36. The second kappa shape index (κ2) is 9.25. The minimum Gasteiger partial charge on any atom is -0.497 e. The number of methoxy groups -OCH3 is 1. The van der Waals surface area contributed by atoms with Crippen molar-refractivity contribution in [1.82, 2.24) is 9.97 Å². The van der Waals surface area contributed by atoms with Gasteiger partial charge in [0.25, 0.3) is 5.88 Å². The summed E-state index contributed by atoms with van der Waals surface area (Å²) in [4.78, 5) is 9.21. The van der Waals surface area contributed by atoms with Crippen LogP contribution in [-0.2, 0) is 0 Å². The van der Waals surface area contributed by atoms with Crippen LogP contribution < -0.4 is 14.8 Å². The van der Waals surface area contributed by atoms with Gasteiger partial charge in [0.2, 0.25) is 0 Å². The Morgan fingerprint density at radius 3 is 2.60 bits per heavy atom. The van der Waals surface area contributed by atoms with Crippen molar-refractivity contribution in [2.24, 2.45) is 0 Å². The number of ether oxygens (including phenoxy) is 2. The lowest BCUT2D eigenvalue weighted by molar-refractivity contribution is 0.178. The highest BCUT2D eigenvalue weighted by Gasteiger charge is 2.19. The summed E-state index contributed by atoms with van der Waals surface area (Å²) in [5.41, 5.74) is 1.42. The van der Waals surface area contributed by atoms with Gasteiger partial charge in [-0.15, -0.1) is 0 Å². The Bertz CT molecular complexity index is 728. The summed E-state index contributed by atoms with van der Waals surface area (Å²) >= 11 is 9.87. The minimum atomic E-state index is 0.119. The summed E-state index contributed by atoms with van der Waals surface area (Å²) < 4.78 is 11.8. The fourth-order valence-electron chi connectivity index (χ4n) is 2.46. The number of halogens is 2. The van der Waals surface area contributed by atoms with Gasteiger partial charge in [-0.3, -0.25) is 0 Å². The Hall–Kier alpha value is -1.53. The Morgan fingerprint density at radius 1 is 1.28 bits per heavy atom. The molecule has 0 spiro atoms. The van der Waals surface area contributed by atoms with Gasteiger partial charge in [-0.05, 0) is 47.0 Å². The Morgan fingerprint density at radius 2 is 2.04 bits per heavy atom. The predicted molar refractivity (Wildman–Crippen MR) is 106 cm³/mol. The molecule has 0 aliphatic heterocycles. The number of anilines is 1. The normalized spacial score (nSPS) is 11.9. The van der Waals surface area contributed by atoms with Gasteiger partial charge in [0.05, 0.1) is 12.1 Å². The Labute approximate surface area is 162 Å². The van der Waals surface area contributed by atoms with E-state index in [1.165, 1.54) is 0 Å². The zero-order chi connectivity index (χ0) is 18.4. The van der Waals surface area contributed by atoms with Crippen molar-refractivity contribution in [3.63, 3.8) is 0 Å². The molecule has 5 nitrogen and oxygen atoms in total. The van der Waals surface area contributed by atoms with Crippen LogP contribution in [-0.4, -0.2) is 30.2 Å². The maximum absolute atomic E-state index is 6.38. The van der Waals surface area contributed by atoms with Gasteiger partial charge in [0.1, 0.15) is 22.2 Å². The van der Waals surface area contributed by atoms with E-state index < -0.39 is 0 Å². The van der Waals surface area contributed by atoms with Crippen molar-refractivity contribution in [2.75, 3.05) is 19.5 Å². The first-order chi connectivity index (χ1) is 12.0. The number of nitrogens with zero attached hydrogens (tertiary/aromatic N) is 2. The SMILES string of the molecule is CCCC(CC)Oc1nc(Br)c(-c2ccc(OC)cc2Cl)nc1NC. The van der Waals surface area contributed by atoms with E-state index in [-0.39, 0.29) is 6.10 Å². The van der Waals surface area contributed by atoms with Crippen molar-refractivity contribution in [3.8, 4) is 22.9 Å². The first kappa shape index (κ1) is 19.8. The fourth-order valence-corrected chi connectivity index (χ4v) is 3.18. The fraction of sp³-hybridized carbons (Fsp3) is 0.444. The minimum absolute atomic E-state index is 0.119. The second-order valence-electron chi connectivity index (χ2n) is 5.55. The summed E-state index contributed by atoms with van der Waals surface area (Å²) in [5.74, 6) is 1.76. The van der Waals surface area contributed by atoms with Gasteiger partial charge in [0, 0.05) is 12.6 Å². The molecule has 0 bridgehead atoms. The van der Waals surface area contributed by atoms with Crippen LogP contribution in [0.2, 0.25) is 5.02 Å². The molecule has 1 atom stereocenters. The number of aromatic nitrogens is 2. The first-order valence-electron chi connectivity index (χ1n) is 8.29. The molecule has 0 saturated carbocycles. The Balaban J connectivity index is 2.42. The topological polar surface area (TPSA) is 56.3 Å². The van der Waals surface area contributed by atoms with Crippen molar-refractivity contribution in [1.29, 1.82) is 0 Å². The molecule has 25 heavy (non-hydrogen) atoms. The second-order valence-corrected chi connectivity index (χ2v) is 6.71. The van der Waals surface area contributed by atoms with E-state index >= 15 is 0 Å². The van der Waals surface area contributed by atoms with Crippen LogP contribution in [0.1, 0.15) is 33.1 Å². The lowest BCUT2D eigenvalue weighted by Gasteiger charge is -2.19. The zero-order valence-electron chi connectivity index (χ0n) is 14.9. The van der Waals surface area contributed by atoms with Crippen LogP contribution >= 0.6 is 27.5 Å². The highest BCUT2D eigenvalue weighted by atomic mass is 79.9. The maximum Gasteiger partial charge on any atom is 0.258 e. The van der Waals surface area contributed by atoms with Crippen molar-refractivity contribution >= 4 is 33.3 Å². The van der Waals surface area contributed by atoms with Crippen LogP contribution in [0.3, 0.4) is 0 Å². The summed E-state index contributed by atoms with van der Waals surface area (Å²) in [6, 6.07) is 5.46. The smallest absolute Gasteiger partial charge is 0.258 e. The third kappa shape index (κ3) is 4.76. The van der Waals surface area contributed by atoms with Gasteiger partial charge in [0.15, 0.2) is 5.82 Å². The maximum atomic E-state index is 6.38. The van der Waals surface area contributed by atoms with E-state index in [4.69, 9.17) is 21.1 Å². The van der Waals surface area contributed by atoms with Gasteiger partial charge in [-0.2, -0.15) is 0 Å². The van der Waals surface area contributed by atoms with Crippen molar-refractivity contribution in [2.45, 2.75) is 39.2 Å². The molecule has 7 heteroatoms. The number of benzene rings is 1. The lowest BCUT2D eigenvalue weighted by atomic mass is 10.1. The molecular weight excluding hydrogens is 406 g/mol. The molecule has 1 aromatic carbocycles. The van der Waals surface area contributed by atoms with Crippen molar-refractivity contribution < 1.29 is 9.47 Å². The van der Waals surface area contributed by atoms with Gasteiger partial charge < -0.3 is 14.8 Å². The van der Waals surface area contributed by atoms with Crippen LogP contribution in [0.5, 0.6) is 11.6 Å². The van der Waals surface area contributed by atoms with Gasteiger partial charge >= 0.3 is 0 Å². The molecule has 0 aliphatic rings. The standard InChI is InChI=1S/C18H23BrClN3O2/c1-5-7-11(6-2)25-18-17(21-3)22-15(16(19)23-18)13-9-8-12(24-4)10-14(13)20/h8-11H,5-7H2,1-4H3,(H,21,22). The molecule has 0 aliphatic carbocycles. The molecule has 0 saturated heterocycles. The van der Waals surface area contributed by atoms with Crippen LogP contribution in [0.15, 0.2) is 22.8 Å². The monoisotopic (exact) mass is 427 g/mol. The Kier molecular flexibility index (Phi) is 7.32. The summed E-state index contributed by atoms with van der Waals surface area (Å²) in [7, 11) is 3.40. The quantitative estimate of drug-likeness (QED) is 0.596. The molecule has 1 unspecified atom stereocenters. The number of hydrogen-bond donors (Lipinski definition) is 1. The molecule has 1 N–H and O–H groups in total. The third-order valence-corrected chi connectivity index (χ3v) is 4.70. The van der Waals surface area contributed by atoms with E-state index in [9.17, 15) is 0 Å². The molecule has 0 radical (unpaired) electrons. The molecule has 1 heterocycles. The third-order valence-electron chi connectivity index (χ3n) is 3.83. The predicted octanol–water partition coefficient (Wildman–Crippen LogP) is 5.57. The first-order valence-corrected chi connectivity index (χ1v) is 9.46. The molecule has 2 rings (SSSR count). The van der Waals surface area contributed by atoms with Gasteiger partial charge in [-0.1, -0.05) is 31.9 Å². The van der Waals surface area contributed by atoms with E-state index in [2.05, 4.69) is 45.1 Å². The summed E-state index contributed by atoms with van der Waals surface area (Å²) in [6.07, 6.45) is 3.07. The van der Waals surface area contributed by atoms with Crippen LogP contribution in [0.4, 0.5) is 5.82 Å². The van der Waals surface area contributed by atoms with Gasteiger partial charge in [-0.25, -0.2) is 9.97 Å². The number of rotatable bonds is 8. The zero-order valence-corrected chi connectivity index (χ0v) is 17.2. The van der Waals surface area contributed by atoms with E-state index in [1.54, 1.807) is 20.2 Å². The molecule has 136 valence electrons. The van der Waals surface area contributed by atoms with Crippen molar-refractivity contribution in [3.05, 3.63) is 27.8 Å². The lowest BCUT2D eigenvalue weighted by Crippen LogP contribution is -2.17. The average Bonchev–Trinajstić information content (AvgIpc) is 2.61. The molecule has 2 aromatic rings. The molecular formula is C18H23BrClN3O2. The van der Waals surface area contributed by atoms with E-state index in [0.29, 0.717) is 32.8 Å².